The fourth-order valence-corrected chi connectivity index (χ4v) is 0.914. The number of hydrogen-bond acceptors (Lipinski definition) is 2. The summed E-state index contributed by atoms with van der Waals surface area (Å²) in [5.74, 6) is 0.0779. The van der Waals surface area contributed by atoms with Gasteiger partial charge in [0, 0.05) is 18.5 Å². The van der Waals surface area contributed by atoms with E-state index in [9.17, 15) is 4.79 Å². The zero-order valence-electron chi connectivity index (χ0n) is 7.55. The monoisotopic (exact) mass is 158 g/mol. The van der Waals surface area contributed by atoms with Crippen molar-refractivity contribution >= 4 is 5.91 Å². The third-order valence-corrected chi connectivity index (χ3v) is 1.74. The van der Waals surface area contributed by atoms with Gasteiger partial charge in [0.05, 0.1) is 0 Å². The lowest BCUT2D eigenvalue weighted by molar-refractivity contribution is -0.121. The van der Waals surface area contributed by atoms with Crippen LogP contribution in [0.3, 0.4) is 0 Å². The van der Waals surface area contributed by atoms with Crippen LogP contribution >= 0.6 is 0 Å². The van der Waals surface area contributed by atoms with Crippen molar-refractivity contribution in [2.24, 2.45) is 5.73 Å². The van der Waals surface area contributed by atoms with Crippen molar-refractivity contribution in [1.29, 1.82) is 0 Å². The van der Waals surface area contributed by atoms with E-state index in [2.05, 4.69) is 5.32 Å². The fourth-order valence-electron chi connectivity index (χ4n) is 0.914. The number of nitrogens with one attached hydrogen (secondary N) is 1. The molecule has 0 rings (SSSR count). The molecule has 0 saturated heterocycles. The Labute approximate surface area is 68.3 Å². The predicted molar refractivity (Wildman–Crippen MR) is 46.2 cm³/mol. The summed E-state index contributed by atoms with van der Waals surface area (Å²) in [5, 5.41) is 2.85. The van der Waals surface area contributed by atoms with Crippen LogP contribution in [0.5, 0.6) is 0 Å². The molecule has 3 nitrogen and oxygen atoms in total. The molecule has 0 aromatic rings. The molecule has 0 spiro atoms. The van der Waals surface area contributed by atoms with Crippen LogP contribution in [0.15, 0.2) is 0 Å². The summed E-state index contributed by atoms with van der Waals surface area (Å²) in [5.41, 5.74) is 5.64. The molecule has 0 aliphatic carbocycles. The van der Waals surface area contributed by atoms with E-state index in [4.69, 9.17) is 5.73 Å². The molecule has 2 unspecified atom stereocenters. The van der Waals surface area contributed by atoms with E-state index in [1.54, 1.807) is 0 Å². The SMILES string of the molecule is CCC(=O)NC(CC)C(C)N. The molecule has 2 atom stereocenters. The second kappa shape index (κ2) is 5.13. The van der Waals surface area contributed by atoms with Gasteiger partial charge in [-0.3, -0.25) is 4.79 Å². The van der Waals surface area contributed by atoms with Crippen molar-refractivity contribution in [3.05, 3.63) is 0 Å². The van der Waals surface area contributed by atoms with Crippen LogP contribution in [-0.4, -0.2) is 18.0 Å². The highest BCUT2D eigenvalue weighted by atomic mass is 16.1. The van der Waals surface area contributed by atoms with Crippen LogP contribution in [0.25, 0.3) is 0 Å². The molecule has 0 aromatic carbocycles. The first-order chi connectivity index (χ1) is 5.11. The minimum atomic E-state index is 0.0375. The lowest BCUT2D eigenvalue weighted by Gasteiger charge is -2.19. The molecule has 3 N–H and O–H groups in total. The van der Waals surface area contributed by atoms with Crippen molar-refractivity contribution < 1.29 is 4.79 Å². The highest BCUT2D eigenvalue weighted by Gasteiger charge is 2.12. The Bertz CT molecular complexity index is 123. The summed E-state index contributed by atoms with van der Waals surface area (Å²) in [6.07, 6.45) is 1.42. The first kappa shape index (κ1) is 10.4. The van der Waals surface area contributed by atoms with Gasteiger partial charge < -0.3 is 11.1 Å². The molecule has 0 aromatic heterocycles. The number of carbonyl (C=O) groups is 1. The van der Waals surface area contributed by atoms with Gasteiger partial charge in [-0.05, 0) is 13.3 Å². The Morgan fingerprint density at radius 3 is 2.36 bits per heavy atom. The highest BCUT2D eigenvalue weighted by Crippen LogP contribution is 1.95. The van der Waals surface area contributed by atoms with Gasteiger partial charge in [0.25, 0.3) is 0 Å². The van der Waals surface area contributed by atoms with Crippen molar-refractivity contribution in [3.63, 3.8) is 0 Å². The zero-order chi connectivity index (χ0) is 8.85. The van der Waals surface area contributed by atoms with E-state index in [-0.39, 0.29) is 18.0 Å². The predicted octanol–water partition coefficient (Wildman–Crippen LogP) is 0.638. The van der Waals surface area contributed by atoms with Gasteiger partial charge in [-0.25, -0.2) is 0 Å². The third kappa shape index (κ3) is 3.98. The Hall–Kier alpha value is -0.570. The topological polar surface area (TPSA) is 55.1 Å². The van der Waals surface area contributed by atoms with Crippen molar-refractivity contribution in [1.82, 2.24) is 5.32 Å². The van der Waals surface area contributed by atoms with Crippen molar-refractivity contribution in [2.45, 2.75) is 45.7 Å². The second-order valence-electron chi connectivity index (χ2n) is 2.79. The van der Waals surface area contributed by atoms with Gasteiger partial charge in [0.1, 0.15) is 0 Å². The molecule has 0 fully saturated rings. The average Bonchev–Trinajstić information content (AvgIpc) is 1.99. The van der Waals surface area contributed by atoms with Gasteiger partial charge in [-0.15, -0.1) is 0 Å². The normalized spacial score (nSPS) is 15.6. The Balaban J connectivity index is 3.78. The summed E-state index contributed by atoms with van der Waals surface area (Å²) in [4.78, 5) is 10.9. The quantitative estimate of drug-likeness (QED) is 0.630. The zero-order valence-corrected chi connectivity index (χ0v) is 7.55. The summed E-state index contributed by atoms with van der Waals surface area (Å²) >= 11 is 0. The molecule has 0 saturated carbocycles. The summed E-state index contributed by atoms with van der Waals surface area (Å²) in [7, 11) is 0. The summed E-state index contributed by atoms with van der Waals surface area (Å²) < 4.78 is 0. The minimum absolute atomic E-state index is 0.0375. The summed E-state index contributed by atoms with van der Waals surface area (Å²) in [6, 6.07) is 0.165. The minimum Gasteiger partial charge on any atom is -0.352 e. The van der Waals surface area contributed by atoms with Crippen LogP contribution < -0.4 is 11.1 Å². The molecule has 3 heteroatoms. The number of hydrogen-bond donors (Lipinski definition) is 2. The Morgan fingerprint density at radius 1 is 1.55 bits per heavy atom. The largest absolute Gasteiger partial charge is 0.352 e. The number of carbonyl (C=O) groups excluding carboxylic acids is 1. The molecular weight excluding hydrogens is 140 g/mol. The van der Waals surface area contributed by atoms with Crippen LogP contribution in [0, 0.1) is 0 Å². The van der Waals surface area contributed by atoms with E-state index in [0.717, 1.165) is 6.42 Å². The lowest BCUT2D eigenvalue weighted by Crippen LogP contribution is -2.45. The standard InChI is InChI=1S/C8H18N2O/c1-4-7(6(3)9)10-8(11)5-2/h6-7H,4-5,9H2,1-3H3,(H,10,11). The smallest absolute Gasteiger partial charge is 0.219 e. The number of nitrogens with two attached hydrogens (primary N) is 1. The van der Waals surface area contributed by atoms with Gasteiger partial charge in [0.15, 0.2) is 0 Å². The molecule has 1 amide bonds. The molecule has 0 aliphatic rings. The van der Waals surface area contributed by atoms with E-state index < -0.39 is 0 Å². The third-order valence-electron chi connectivity index (χ3n) is 1.74. The van der Waals surface area contributed by atoms with Crippen LogP contribution in [0.1, 0.15) is 33.6 Å². The maximum Gasteiger partial charge on any atom is 0.219 e. The van der Waals surface area contributed by atoms with Crippen LogP contribution in [0.2, 0.25) is 0 Å². The van der Waals surface area contributed by atoms with Gasteiger partial charge in [-0.1, -0.05) is 13.8 Å². The van der Waals surface area contributed by atoms with E-state index >= 15 is 0 Å². The van der Waals surface area contributed by atoms with E-state index in [0.29, 0.717) is 6.42 Å². The first-order valence-electron chi connectivity index (χ1n) is 4.16. The molecule has 0 radical (unpaired) electrons. The van der Waals surface area contributed by atoms with Gasteiger partial charge in [0.2, 0.25) is 5.91 Å². The van der Waals surface area contributed by atoms with E-state index in [1.807, 2.05) is 20.8 Å². The lowest BCUT2D eigenvalue weighted by atomic mass is 10.1. The molecule has 0 heterocycles. The van der Waals surface area contributed by atoms with Crippen LogP contribution in [-0.2, 0) is 4.79 Å². The van der Waals surface area contributed by atoms with E-state index in [1.165, 1.54) is 0 Å². The number of amides is 1. The Morgan fingerprint density at radius 2 is 2.09 bits per heavy atom. The molecule has 66 valence electrons. The van der Waals surface area contributed by atoms with Crippen LogP contribution in [0.4, 0.5) is 0 Å². The second-order valence-corrected chi connectivity index (χ2v) is 2.79. The maximum atomic E-state index is 10.9. The Kier molecular flexibility index (Phi) is 4.86. The maximum absolute atomic E-state index is 10.9. The highest BCUT2D eigenvalue weighted by molar-refractivity contribution is 5.75. The molecule has 11 heavy (non-hydrogen) atoms. The fraction of sp³-hybridized carbons (Fsp3) is 0.875. The van der Waals surface area contributed by atoms with Gasteiger partial charge >= 0.3 is 0 Å². The van der Waals surface area contributed by atoms with Gasteiger partial charge in [-0.2, -0.15) is 0 Å². The first-order valence-corrected chi connectivity index (χ1v) is 4.16. The average molecular weight is 158 g/mol. The number of rotatable bonds is 4. The van der Waals surface area contributed by atoms with Crippen molar-refractivity contribution in [3.8, 4) is 0 Å². The molecule has 0 aliphatic heterocycles. The molecular formula is C8H18N2O. The molecule has 0 bridgehead atoms. The summed E-state index contributed by atoms with van der Waals surface area (Å²) in [6.45, 7) is 5.76. The van der Waals surface area contributed by atoms with Crippen molar-refractivity contribution in [2.75, 3.05) is 0 Å².